The van der Waals surface area contributed by atoms with Crippen LogP contribution >= 0.6 is 11.6 Å². The molecular formula is C17H20ClN5O3S. The molecule has 0 amide bonds. The van der Waals surface area contributed by atoms with E-state index in [1.54, 1.807) is 32.3 Å². The van der Waals surface area contributed by atoms with Gasteiger partial charge in [0, 0.05) is 35.9 Å². The molecule has 144 valence electrons. The molecule has 2 heterocycles. The number of nitrogens with zero attached hydrogens (tertiary/aromatic N) is 5. The van der Waals surface area contributed by atoms with Crippen LogP contribution in [0.5, 0.6) is 5.88 Å². The van der Waals surface area contributed by atoms with Crippen molar-refractivity contribution in [2.24, 2.45) is 11.0 Å². The fraction of sp³-hybridized carbons (Fsp3) is 0.529. The molecule has 2 aromatic rings. The first-order valence-electron chi connectivity index (χ1n) is 8.41. The number of hydrogen-bond acceptors (Lipinski definition) is 6. The molecule has 3 rings (SSSR count). The summed E-state index contributed by atoms with van der Waals surface area (Å²) in [4.78, 5) is 11.4. The van der Waals surface area contributed by atoms with Gasteiger partial charge in [-0.05, 0) is 22.5 Å². The number of hydrogen-bond donors (Lipinski definition) is 0. The molecule has 0 radical (unpaired) electrons. The van der Waals surface area contributed by atoms with Crippen LogP contribution in [0.1, 0.15) is 32.8 Å². The maximum Gasteiger partial charge on any atom is 0.223 e. The lowest BCUT2D eigenvalue weighted by Crippen LogP contribution is -2.51. The molecule has 0 aromatic carbocycles. The van der Waals surface area contributed by atoms with Gasteiger partial charge in [-0.2, -0.15) is 0 Å². The highest BCUT2D eigenvalue weighted by Crippen LogP contribution is 2.39. The Morgan fingerprint density at radius 3 is 2.63 bits per heavy atom. The van der Waals surface area contributed by atoms with E-state index in [-0.39, 0.29) is 12.0 Å². The lowest BCUT2D eigenvalue weighted by molar-refractivity contribution is 0.0589. The Morgan fingerprint density at radius 2 is 2.04 bits per heavy atom. The molecule has 0 spiro atoms. The number of azide groups is 1. The summed E-state index contributed by atoms with van der Waals surface area (Å²) < 4.78 is 29.5. The highest BCUT2D eigenvalue weighted by molar-refractivity contribution is 7.91. The first-order valence-corrected chi connectivity index (χ1v) is 10.7. The molecule has 1 aliphatic rings. The van der Waals surface area contributed by atoms with E-state index in [1.165, 1.54) is 6.26 Å². The van der Waals surface area contributed by atoms with Crippen LogP contribution in [0, 0.1) is 5.92 Å². The number of ether oxygens (including phenoxy) is 1. The Hall–Kier alpha value is -2.09. The molecule has 27 heavy (non-hydrogen) atoms. The Labute approximate surface area is 162 Å². The normalized spacial score (nSPS) is 22.8. The summed E-state index contributed by atoms with van der Waals surface area (Å²) in [5.41, 5.74) is 8.71. The molecule has 10 heteroatoms. The zero-order valence-corrected chi connectivity index (χ0v) is 17.0. The van der Waals surface area contributed by atoms with Crippen molar-refractivity contribution in [1.82, 2.24) is 9.97 Å². The topological polar surface area (TPSA) is 118 Å². The van der Waals surface area contributed by atoms with E-state index < -0.39 is 20.6 Å². The third-order valence-corrected chi connectivity index (χ3v) is 7.03. The van der Waals surface area contributed by atoms with Crippen molar-refractivity contribution >= 4 is 32.2 Å². The first kappa shape index (κ1) is 19.7. The highest BCUT2D eigenvalue weighted by atomic mass is 35.5. The number of sulfone groups is 1. The van der Waals surface area contributed by atoms with E-state index in [0.717, 1.165) is 5.39 Å². The standard InChI is InChI=1S/C17H20ClN5O3S/c1-9-13(6-14(9)27(4,24)25)26-16-11-7-20-15(18)5-10(11)12(8-21-16)17(2,3)22-23-19/h5,7-9,13-14H,6H2,1-4H3/t9-,13+,14+/m1/s1. The second-order valence-corrected chi connectivity index (χ2v) is 10.0. The Bertz CT molecular complexity index is 1050. The van der Waals surface area contributed by atoms with Gasteiger partial charge in [-0.1, -0.05) is 37.5 Å². The minimum Gasteiger partial charge on any atom is -0.473 e. The van der Waals surface area contributed by atoms with E-state index in [4.69, 9.17) is 21.9 Å². The van der Waals surface area contributed by atoms with Crippen LogP contribution in [-0.4, -0.2) is 36.0 Å². The van der Waals surface area contributed by atoms with Gasteiger partial charge in [0.05, 0.1) is 16.2 Å². The van der Waals surface area contributed by atoms with Gasteiger partial charge in [-0.25, -0.2) is 18.4 Å². The van der Waals surface area contributed by atoms with Gasteiger partial charge < -0.3 is 4.74 Å². The second kappa shape index (κ2) is 6.82. The lowest BCUT2D eigenvalue weighted by Gasteiger charge is -2.40. The smallest absolute Gasteiger partial charge is 0.223 e. The van der Waals surface area contributed by atoms with Gasteiger partial charge in [0.2, 0.25) is 5.88 Å². The van der Waals surface area contributed by atoms with Crippen molar-refractivity contribution in [2.45, 2.75) is 44.1 Å². The Kier molecular flexibility index (Phi) is 4.96. The second-order valence-electron chi connectivity index (χ2n) is 7.40. The van der Waals surface area contributed by atoms with Gasteiger partial charge in [0.1, 0.15) is 11.3 Å². The van der Waals surface area contributed by atoms with Gasteiger partial charge in [0.15, 0.2) is 9.84 Å². The fourth-order valence-corrected chi connectivity index (χ4v) is 5.05. The average molecular weight is 410 g/mol. The van der Waals surface area contributed by atoms with E-state index in [1.807, 2.05) is 6.92 Å². The summed E-state index contributed by atoms with van der Waals surface area (Å²) in [6.45, 7) is 5.42. The predicted molar refractivity (Wildman–Crippen MR) is 104 cm³/mol. The van der Waals surface area contributed by atoms with Crippen LogP contribution in [-0.2, 0) is 15.4 Å². The summed E-state index contributed by atoms with van der Waals surface area (Å²) in [5, 5.41) is 5.10. The molecule has 1 saturated carbocycles. The molecule has 1 aliphatic carbocycles. The number of pyridine rings is 2. The van der Waals surface area contributed by atoms with Crippen molar-refractivity contribution < 1.29 is 13.2 Å². The third-order valence-electron chi connectivity index (χ3n) is 5.11. The molecule has 0 unspecified atom stereocenters. The van der Waals surface area contributed by atoms with Crippen LogP contribution in [0.4, 0.5) is 0 Å². The van der Waals surface area contributed by atoms with E-state index in [2.05, 4.69) is 20.0 Å². The van der Waals surface area contributed by atoms with Crippen molar-refractivity contribution in [3.8, 4) is 5.88 Å². The van der Waals surface area contributed by atoms with Crippen molar-refractivity contribution in [3.63, 3.8) is 0 Å². The third kappa shape index (κ3) is 3.67. The zero-order chi connectivity index (χ0) is 20.0. The molecule has 0 bridgehead atoms. The van der Waals surface area contributed by atoms with E-state index >= 15 is 0 Å². The first-order chi connectivity index (χ1) is 12.5. The molecular weight excluding hydrogens is 390 g/mol. The van der Waals surface area contributed by atoms with Gasteiger partial charge in [-0.15, -0.1) is 0 Å². The van der Waals surface area contributed by atoms with E-state index in [9.17, 15) is 8.42 Å². The highest BCUT2D eigenvalue weighted by Gasteiger charge is 2.45. The lowest BCUT2D eigenvalue weighted by atomic mass is 9.82. The van der Waals surface area contributed by atoms with Crippen molar-refractivity contribution in [2.75, 3.05) is 6.26 Å². The number of rotatable bonds is 5. The van der Waals surface area contributed by atoms with Crippen molar-refractivity contribution in [1.29, 1.82) is 0 Å². The summed E-state index contributed by atoms with van der Waals surface area (Å²) in [6.07, 6.45) is 4.59. The van der Waals surface area contributed by atoms with E-state index in [0.29, 0.717) is 28.4 Å². The fourth-order valence-electron chi connectivity index (χ4n) is 3.40. The largest absolute Gasteiger partial charge is 0.473 e. The molecule has 0 saturated heterocycles. The maximum atomic E-state index is 11.8. The predicted octanol–water partition coefficient (Wildman–Crippen LogP) is 4.03. The van der Waals surface area contributed by atoms with Gasteiger partial charge >= 0.3 is 0 Å². The van der Waals surface area contributed by atoms with Crippen molar-refractivity contribution in [3.05, 3.63) is 39.6 Å². The minimum absolute atomic E-state index is 0.128. The van der Waals surface area contributed by atoms with Crippen LogP contribution in [0.2, 0.25) is 5.15 Å². The Morgan fingerprint density at radius 1 is 1.33 bits per heavy atom. The molecule has 8 nitrogen and oxygen atoms in total. The molecule has 0 aliphatic heterocycles. The molecule has 1 fully saturated rings. The molecule has 2 aromatic heterocycles. The average Bonchev–Trinajstić information content (AvgIpc) is 2.55. The van der Waals surface area contributed by atoms with Crippen LogP contribution in [0.3, 0.4) is 0 Å². The summed E-state index contributed by atoms with van der Waals surface area (Å²) in [7, 11) is -3.10. The van der Waals surface area contributed by atoms with Crippen LogP contribution in [0.15, 0.2) is 23.6 Å². The van der Waals surface area contributed by atoms with Gasteiger partial charge in [0.25, 0.3) is 0 Å². The molecule has 0 N–H and O–H groups in total. The minimum atomic E-state index is -3.10. The maximum absolute atomic E-state index is 11.8. The number of fused-ring (bicyclic) bond motifs is 1. The molecule has 3 atom stereocenters. The quantitative estimate of drug-likeness (QED) is 0.319. The zero-order valence-electron chi connectivity index (χ0n) is 15.4. The monoisotopic (exact) mass is 409 g/mol. The number of aromatic nitrogens is 2. The summed E-state index contributed by atoms with van der Waals surface area (Å²) in [5.74, 6) is 0.231. The SMILES string of the molecule is C[C@@H]1[C@@H](Oc2ncc(C(C)(C)N=[N+]=[N-])c3cc(Cl)ncc23)C[C@@H]1S(C)(=O)=O. The van der Waals surface area contributed by atoms with Gasteiger partial charge in [-0.3, -0.25) is 0 Å². The van der Waals surface area contributed by atoms with Crippen LogP contribution < -0.4 is 4.74 Å². The van der Waals surface area contributed by atoms with Crippen LogP contribution in [0.25, 0.3) is 21.2 Å². The summed E-state index contributed by atoms with van der Waals surface area (Å²) in [6, 6.07) is 1.68. The summed E-state index contributed by atoms with van der Waals surface area (Å²) >= 11 is 6.06. The number of halogens is 1. The Balaban J connectivity index is 2.01.